The van der Waals surface area contributed by atoms with Crippen LogP contribution in [0.1, 0.15) is 35.7 Å². The molecule has 0 atom stereocenters. The Morgan fingerprint density at radius 1 is 1.38 bits per heavy atom. The molecule has 13 heavy (non-hydrogen) atoms. The fourth-order valence-electron chi connectivity index (χ4n) is 1.28. The Hall–Kier alpha value is -1.35. The SMILES string of the molecule is CC(C)c1ccccc1C(=O)NN. The van der Waals surface area contributed by atoms with Crippen LogP contribution in [0.4, 0.5) is 0 Å². The Labute approximate surface area is 77.9 Å². The van der Waals surface area contributed by atoms with E-state index in [1.165, 1.54) is 0 Å². The molecule has 0 spiro atoms. The maximum Gasteiger partial charge on any atom is 0.265 e. The number of nitrogens with one attached hydrogen (secondary N) is 1. The van der Waals surface area contributed by atoms with Crippen LogP contribution in [0.5, 0.6) is 0 Å². The Morgan fingerprint density at radius 3 is 2.54 bits per heavy atom. The average Bonchev–Trinajstić information content (AvgIpc) is 2.16. The van der Waals surface area contributed by atoms with Crippen molar-refractivity contribution >= 4 is 5.91 Å². The average molecular weight is 178 g/mol. The summed E-state index contributed by atoms with van der Waals surface area (Å²) in [6, 6.07) is 7.46. The zero-order chi connectivity index (χ0) is 9.84. The summed E-state index contributed by atoms with van der Waals surface area (Å²) in [7, 11) is 0. The molecule has 3 heteroatoms. The lowest BCUT2D eigenvalue weighted by Gasteiger charge is -2.10. The lowest BCUT2D eigenvalue weighted by atomic mass is 9.97. The third-order valence-electron chi connectivity index (χ3n) is 1.96. The van der Waals surface area contributed by atoms with Crippen molar-refractivity contribution in [1.82, 2.24) is 5.43 Å². The molecule has 70 valence electrons. The third kappa shape index (κ3) is 2.06. The summed E-state index contributed by atoms with van der Waals surface area (Å²) >= 11 is 0. The van der Waals surface area contributed by atoms with Gasteiger partial charge in [0.15, 0.2) is 0 Å². The maximum atomic E-state index is 11.3. The van der Waals surface area contributed by atoms with Gasteiger partial charge in [0.25, 0.3) is 5.91 Å². The van der Waals surface area contributed by atoms with Gasteiger partial charge in [-0.15, -0.1) is 0 Å². The molecule has 0 aliphatic heterocycles. The highest BCUT2D eigenvalue weighted by atomic mass is 16.2. The fourth-order valence-corrected chi connectivity index (χ4v) is 1.28. The topological polar surface area (TPSA) is 55.1 Å². The Kier molecular flexibility index (Phi) is 3.03. The number of hydrazine groups is 1. The van der Waals surface area contributed by atoms with E-state index in [0.717, 1.165) is 5.56 Å². The van der Waals surface area contributed by atoms with E-state index < -0.39 is 0 Å². The molecule has 0 bridgehead atoms. The van der Waals surface area contributed by atoms with Gasteiger partial charge in [-0.3, -0.25) is 10.2 Å². The minimum absolute atomic E-state index is 0.232. The van der Waals surface area contributed by atoms with Gasteiger partial charge in [-0.25, -0.2) is 5.84 Å². The fraction of sp³-hybridized carbons (Fsp3) is 0.300. The molecular formula is C10H14N2O. The van der Waals surface area contributed by atoms with Crippen molar-refractivity contribution in [2.24, 2.45) is 5.84 Å². The van der Waals surface area contributed by atoms with Crippen molar-refractivity contribution in [2.75, 3.05) is 0 Å². The van der Waals surface area contributed by atoms with Crippen molar-refractivity contribution in [3.63, 3.8) is 0 Å². The van der Waals surface area contributed by atoms with Gasteiger partial charge in [-0.2, -0.15) is 0 Å². The van der Waals surface area contributed by atoms with Crippen molar-refractivity contribution in [1.29, 1.82) is 0 Å². The molecule has 0 aliphatic rings. The van der Waals surface area contributed by atoms with Gasteiger partial charge in [-0.1, -0.05) is 32.0 Å². The van der Waals surface area contributed by atoms with Gasteiger partial charge in [0.2, 0.25) is 0 Å². The van der Waals surface area contributed by atoms with Gasteiger partial charge in [-0.05, 0) is 17.5 Å². The minimum atomic E-state index is -0.232. The van der Waals surface area contributed by atoms with Crippen molar-refractivity contribution < 1.29 is 4.79 Å². The number of nitrogen functional groups attached to an aromatic ring is 1. The third-order valence-corrected chi connectivity index (χ3v) is 1.96. The van der Waals surface area contributed by atoms with Gasteiger partial charge >= 0.3 is 0 Å². The predicted molar refractivity (Wildman–Crippen MR) is 52.2 cm³/mol. The summed E-state index contributed by atoms with van der Waals surface area (Å²) in [4.78, 5) is 11.3. The standard InChI is InChI=1S/C10H14N2O/c1-7(2)8-5-3-4-6-9(8)10(13)12-11/h3-7H,11H2,1-2H3,(H,12,13). The number of hydrogen-bond acceptors (Lipinski definition) is 2. The summed E-state index contributed by atoms with van der Waals surface area (Å²) in [6.07, 6.45) is 0. The number of rotatable bonds is 2. The molecule has 0 aliphatic carbocycles. The molecule has 1 aromatic carbocycles. The second-order valence-electron chi connectivity index (χ2n) is 3.22. The first-order valence-corrected chi connectivity index (χ1v) is 4.26. The Morgan fingerprint density at radius 2 is 2.00 bits per heavy atom. The van der Waals surface area contributed by atoms with Crippen LogP contribution in [-0.4, -0.2) is 5.91 Å². The lowest BCUT2D eigenvalue weighted by molar-refractivity contribution is 0.0952. The molecule has 0 saturated carbocycles. The molecule has 0 saturated heterocycles. The number of amides is 1. The zero-order valence-electron chi connectivity index (χ0n) is 7.87. The van der Waals surface area contributed by atoms with Gasteiger partial charge in [0.1, 0.15) is 0 Å². The number of carbonyl (C=O) groups excluding carboxylic acids is 1. The van der Waals surface area contributed by atoms with Crippen molar-refractivity contribution in [3.8, 4) is 0 Å². The van der Waals surface area contributed by atoms with E-state index in [-0.39, 0.29) is 5.91 Å². The quantitative estimate of drug-likeness (QED) is 0.409. The summed E-state index contributed by atoms with van der Waals surface area (Å²) in [6.45, 7) is 4.09. The second-order valence-corrected chi connectivity index (χ2v) is 3.22. The molecule has 3 nitrogen and oxygen atoms in total. The van der Waals surface area contributed by atoms with E-state index in [1.807, 2.05) is 32.0 Å². The summed E-state index contributed by atoms with van der Waals surface area (Å²) in [5.74, 6) is 5.17. The van der Waals surface area contributed by atoms with Crippen LogP contribution in [0.2, 0.25) is 0 Å². The highest BCUT2D eigenvalue weighted by Gasteiger charge is 2.10. The monoisotopic (exact) mass is 178 g/mol. The molecule has 0 heterocycles. The molecular weight excluding hydrogens is 164 g/mol. The first-order chi connectivity index (χ1) is 6.16. The van der Waals surface area contributed by atoms with Crippen LogP contribution in [0.3, 0.4) is 0 Å². The van der Waals surface area contributed by atoms with Gasteiger partial charge in [0, 0.05) is 5.56 Å². The zero-order valence-corrected chi connectivity index (χ0v) is 7.87. The predicted octanol–water partition coefficient (Wildman–Crippen LogP) is 1.41. The normalized spacial score (nSPS) is 10.2. The van der Waals surface area contributed by atoms with E-state index in [0.29, 0.717) is 11.5 Å². The Bertz CT molecular complexity index is 308. The van der Waals surface area contributed by atoms with Gasteiger partial charge in [0.05, 0.1) is 0 Å². The number of hydrogen-bond donors (Lipinski definition) is 2. The molecule has 1 amide bonds. The van der Waals surface area contributed by atoms with Crippen LogP contribution < -0.4 is 11.3 Å². The first kappa shape index (κ1) is 9.74. The lowest BCUT2D eigenvalue weighted by Crippen LogP contribution is -2.30. The molecule has 0 aromatic heterocycles. The maximum absolute atomic E-state index is 11.3. The number of nitrogens with two attached hydrogens (primary N) is 1. The first-order valence-electron chi connectivity index (χ1n) is 4.26. The van der Waals surface area contributed by atoms with E-state index in [1.54, 1.807) is 6.07 Å². The minimum Gasteiger partial charge on any atom is -0.290 e. The molecule has 0 fully saturated rings. The summed E-state index contributed by atoms with van der Waals surface area (Å²) in [5.41, 5.74) is 3.81. The van der Waals surface area contributed by atoms with Crippen LogP contribution in [-0.2, 0) is 0 Å². The summed E-state index contributed by atoms with van der Waals surface area (Å²) in [5, 5.41) is 0. The molecule has 3 N–H and O–H groups in total. The molecule has 1 aromatic rings. The van der Waals surface area contributed by atoms with E-state index in [4.69, 9.17) is 5.84 Å². The number of carbonyl (C=O) groups is 1. The van der Waals surface area contributed by atoms with E-state index in [9.17, 15) is 4.79 Å². The van der Waals surface area contributed by atoms with Crippen LogP contribution in [0.15, 0.2) is 24.3 Å². The smallest absolute Gasteiger partial charge is 0.265 e. The molecule has 0 unspecified atom stereocenters. The highest BCUT2D eigenvalue weighted by molar-refractivity contribution is 5.95. The number of benzene rings is 1. The second kappa shape index (κ2) is 4.05. The highest BCUT2D eigenvalue weighted by Crippen LogP contribution is 2.18. The van der Waals surface area contributed by atoms with Crippen LogP contribution in [0, 0.1) is 0 Å². The van der Waals surface area contributed by atoms with Crippen molar-refractivity contribution in [3.05, 3.63) is 35.4 Å². The molecule has 1 rings (SSSR count). The molecule has 0 radical (unpaired) electrons. The Balaban J connectivity index is 3.12. The summed E-state index contributed by atoms with van der Waals surface area (Å²) < 4.78 is 0. The van der Waals surface area contributed by atoms with Crippen LogP contribution in [0.25, 0.3) is 0 Å². The van der Waals surface area contributed by atoms with Gasteiger partial charge < -0.3 is 0 Å². The largest absolute Gasteiger partial charge is 0.290 e. The van der Waals surface area contributed by atoms with Crippen LogP contribution >= 0.6 is 0 Å². The van der Waals surface area contributed by atoms with Crippen molar-refractivity contribution in [2.45, 2.75) is 19.8 Å². The van der Waals surface area contributed by atoms with E-state index >= 15 is 0 Å². The van der Waals surface area contributed by atoms with E-state index in [2.05, 4.69) is 5.43 Å².